The van der Waals surface area contributed by atoms with Crippen LogP contribution in [0.4, 0.5) is 5.69 Å². The number of sulfonamides is 1. The molecule has 0 aliphatic carbocycles. The van der Waals surface area contributed by atoms with Crippen LogP contribution < -0.4 is 4.90 Å². The molecule has 1 saturated heterocycles. The molecule has 28 heavy (non-hydrogen) atoms. The van der Waals surface area contributed by atoms with Gasteiger partial charge in [-0.2, -0.15) is 0 Å². The summed E-state index contributed by atoms with van der Waals surface area (Å²) >= 11 is 6.17. The van der Waals surface area contributed by atoms with Crippen molar-refractivity contribution in [1.29, 1.82) is 0 Å². The topological polar surface area (TPSA) is 43.9 Å². The van der Waals surface area contributed by atoms with Gasteiger partial charge in [0.25, 0.3) is 0 Å². The third kappa shape index (κ3) is 5.31. The number of nitrogens with zero attached hydrogens (tertiary/aromatic N) is 3. The molecule has 0 unspecified atom stereocenters. The molecular formula is C21H30ClN3O2S. The number of halogens is 1. The number of hydrogen-bond acceptors (Lipinski definition) is 4. The van der Waals surface area contributed by atoms with Gasteiger partial charge in [-0.15, -0.1) is 0 Å². The van der Waals surface area contributed by atoms with Crippen molar-refractivity contribution in [2.24, 2.45) is 5.92 Å². The highest BCUT2D eigenvalue weighted by Gasteiger charge is 2.30. The molecule has 0 aromatic heterocycles. The van der Waals surface area contributed by atoms with Crippen molar-refractivity contribution in [1.82, 2.24) is 9.21 Å². The molecule has 1 aromatic rings. The van der Waals surface area contributed by atoms with E-state index in [4.69, 9.17) is 11.6 Å². The minimum Gasteiger partial charge on any atom is -0.370 e. The van der Waals surface area contributed by atoms with Gasteiger partial charge in [0, 0.05) is 48.3 Å². The fourth-order valence-corrected chi connectivity index (χ4v) is 4.99. The minimum absolute atomic E-state index is 0.361. The standard InChI is InChI=1S/C21H30ClN3O2S/c1-17(2)15-25(19-9-12-24(13-10-19)28(3,26)27)21-8-5-11-23(16-21)20-7-4-6-18(22)14-20/h4-8,11,14,17,19H,9-10,12-13,15-16H2,1-3H3. The number of allylic oxidation sites excluding steroid dienone is 2. The van der Waals surface area contributed by atoms with Gasteiger partial charge in [0.05, 0.1) is 12.8 Å². The Labute approximate surface area is 174 Å². The van der Waals surface area contributed by atoms with Gasteiger partial charge in [0.15, 0.2) is 0 Å². The average Bonchev–Trinajstić information content (AvgIpc) is 2.65. The zero-order chi connectivity index (χ0) is 20.3. The van der Waals surface area contributed by atoms with Gasteiger partial charge < -0.3 is 9.80 Å². The quantitative estimate of drug-likeness (QED) is 0.695. The lowest BCUT2D eigenvalue weighted by molar-refractivity contribution is 0.160. The van der Waals surface area contributed by atoms with Crippen LogP contribution in [0.15, 0.2) is 48.3 Å². The average molecular weight is 424 g/mol. The molecule has 154 valence electrons. The maximum atomic E-state index is 11.8. The number of hydrogen-bond donors (Lipinski definition) is 0. The van der Waals surface area contributed by atoms with Crippen LogP contribution in [-0.4, -0.2) is 56.1 Å². The maximum Gasteiger partial charge on any atom is 0.211 e. The van der Waals surface area contributed by atoms with Crippen molar-refractivity contribution in [2.75, 3.05) is 37.3 Å². The first-order chi connectivity index (χ1) is 13.2. The van der Waals surface area contributed by atoms with Crippen LogP contribution >= 0.6 is 11.6 Å². The van der Waals surface area contributed by atoms with Crippen molar-refractivity contribution in [2.45, 2.75) is 32.7 Å². The Bertz CT molecular complexity index is 843. The summed E-state index contributed by atoms with van der Waals surface area (Å²) in [7, 11) is -3.10. The molecule has 0 spiro atoms. The lowest BCUT2D eigenvalue weighted by atomic mass is 10.0. The van der Waals surface area contributed by atoms with E-state index in [2.05, 4.69) is 48.1 Å². The van der Waals surface area contributed by atoms with E-state index < -0.39 is 10.0 Å². The van der Waals surface area contributed by atoms with E-state index in [-0.39, 0.29) is 0 Å². The van der Waals surface area contributed by atoms with Gasteiger partial charge >= 0.3 is 0 Å². The number of benzene rings is 1. The van der Waals surface area contributed by atoms with Crippen LogP contribution in [-0.2, 0) is 10.0 Å². The van der Waals surface area contributed by atoms with Gasteiger partial charge in [-0.1, -0.05) is 31.5 Å². The van der Waals surface area contributed by atoms with Crippen LogP contribution in [0.1, 0.15) is 26.7 Å². The summed E-state index contributed by atoms with van der Waals surface area (Å²) in [5.41, 5.74) is 2.35. The maximum absolute atomic E-state index is 11.8. The molecule has 0 amide bonds. The summed E-state index contributed by atoms with van der Waals surface area (Å²) in [6, 6.07) is 8.26. The Kier molecular flexibility index (Phi) is 6.73. The van der Waals surface area contributed by atoms with Crippen molar-refractivity contribution < 1.29 is 8.42 Å². The van der Waals surface area contributed by atoms with Gasteiger partial charge in [-0.05, 0) is 49.1 Å². The summed E-state index contributed by atoms with van der Waals surface area (Å²) in [5.74, 6) is 0.527. The third-order valence-corrected chi connectivity index (χ3v) is 6.83. The zero-order valence-corrected chi connectivity index (χ0v) is 18.5. The molecule has 2 aliphatic heterocycles. The second-order valence-corrected chi connectivity index (χ2v) is 10.5. The van der Waals surface area contributed by atoms with Crippen molar-refractivity contribution in [3.8, 4) is 0 Å². The molecule has 1 aromatic carbocycles. The van der Waals surface area contributed by atoms with Gasteiger partial charge in [0.1, 0.15) is 0 Å². The SMILES string of the molecule is CC(C)CN(C1=CC=CN(c2cccc(Cl)c2)C1)C1CCN(S(C)(=O)=O)CC1. The number of rotatable bonds is 6. The van der Waals surface area contributed by atoms with Crippen LogP contribution in [0.5, 0.6) is 0 Å². The van der Waals surface area contributed by atoms with Crippen molar-refractivity contribution in [3.05, 3.63) is 53.3 Å². The summed E-state index contributed by atoms with van der Waals surface area (Å²) < 4.78 is 25.3. The van der Waals surface area contributed by atoms with E-state index in [1.807, 2.05) is 18.2 Å². The summed E-state index contributed by atoms with van der Waals surface area (Å²) in [4.78, 5) is 4.70. The highest BCUT2D eigenvalue weighted by atomic mass is 35.5. The lowest BCUT2D eigenvalue weighted by Gasteiger charge is -2.42. The first-order valence-corrected chi connectivity index (χ1v) is 12.1. The predicted octanol–water partition coefficient (Wildman–Crippen LogP) is 3.94. The second kappa shape index (κ2) is 8.89. The number of piperidine rings is 1. The molecule has 0 N–H and O–H groups in total. The molecule has 0 bridgehead atoms. The first-order valence-electron chi connectivity index (χ1n) is 9.85. The smallest absolute Gasteiger partial charge is 0.211 e. The minimum atomic E-state index is -3.10. The van der Waals surface area contributed by atoms with Crippen molar-refractivity contribution in [3.63, 3.8) is 0 Å². The molecular weight excluding hydrogens is 394 g/mol. The molecule has 0 saturated carbocycles. The molecule has 1 fully saturated rings. The summed E-state index contributed by atoms with van der Waals surface area (Å²) in [6.07, 6.45) is 9.37. The molecule has 7 heteroatoms. The van der Waals surface area contributed by atoms with E-state index in [0.29, 0.717) is 25.0 Å². The normalized spacial score (nSPS) is 19.2. The largest absolute Gasteiger partial charge is 0.370 e. The number of anilines is 1. The van der Waals surface area contributed by atoms with Crippen LogP contribution in [0, 0.1) is 5.92 Å². The van der Waals surface area contributed by atoms with E-state index in [1.165, 1.54) is 12.0 Å². The Morgan fingerprint density at radius 3 is 2.57 bits per heavy atom. The second-order valence-electron chi connectivity index (χ2n) is 8.05. The first kappa shape index (κ1) is 21.2. The van der Waals surface area contributed by atoms with Crippen LogP contribution in [0.3, 0.4) is 0 Å². The van der Waals surface area contributed by atoms with E-state index in [9.17, 15) is 8.42 Å². The summed E-state index contributed by atoms with van der Waals surface area (Å²) in [5, 5.41) is 0.731. The molecule has 0 radical (unpaired) electrons. The van der Waals surface area contributed by atoms with E-state index in [0.717, 1.165) is 36.6 Å². The van der Waals surface area contributed by atoms with E-state index in [1.54, 1.807) is 4.31 Å². The molecule has 3 rings (SSSR count). The lowest BCUT2D eigenvalue weighted by Crippen LogP contribution is -2.48. The summed E-state index contributed by atoms with van der Waals surface area (Å²) in [6.45, 7) is 7.40. The van der Waals surface area contributed by atoms with Gasteiger partial charge in [-0.3, -0.25) is 0 Å². The predicted molar refractivity (Wildman–Crippen MR) is 117 cm³/mol. The van der Waals surface area contributed by atoms with Gasteiger partial charge in [-0.25, -0.2) is 12.7 Å². The molecule has 2 aliphatic rings. The molecule has 5 nitrogen and oxygen atoms in total. The fraction of sp³-hybridized carbons (Fsp3) is 0.524. The Balaban J connectivity index is 1.75. The molecule has 2 heterocycles. The third-order valence-electron chi connectivity index (χ3n) is 5.29. The van der Waals surface area contributed by atoms with Crippen LogP contribution in [0.25, 0.3) is 0 Å². The Hall–Kier alpha value is -1.50. The Morgan fingerprint density at radius 2 is 1.96 bits per heavy atom. The van der Waals surface area contributed by atoms with Crippen LogP contribution in [0.2, 0.25) is 5.02 Å². The highest BCUT2D eigenvalue weighted by molar-refractivity contribution is 7.88. The van der Waals surface area contributed by atoms with E-state index >= 15 is 0 Å². The fourth-order valence-electron chi connectivity index (χ4n) is 3.94. The van der Waals surface area contributed by atoms with Gasteiger partial charge in [0.2, 0.25) is 10.0 Å². The Morgan fingerprint density at radius 1 is 1.25 bits per heavy atom. The monoisotopic (exact) mass is 423 g/mol. The highest BCUT2D eigenvalue weighted by Crippen LogP contribution is 2.28. The zero-order valence-electron chi connectivity index (χ0n) is 16.9. The van der Waals surface area contributed by atoms with Crippen molar-refractivity contribution >= 4 is 27.3 Å². The molecule has 0 atom stereocenters.